The third-order valence-corrected chi connectivity index (χ3v) is 3.52. The molecule has 0 aliphatic carbocycles. The number of carbonyl (C=O) groups is 1. The van der Waals surface area contributed by atoms with Crippen molar-refractivity contribution < 1.29 is 18.3 Å². The second kappa shape index (κ2) is 3.50. The van der Waals surface area contributed by atoms with Crippen molar-refractivity contribution in [2.24, 2.45) is 0 Å². The summed E-state index contributed by atoms with van der Waals surface area (Å²) in [6.07, 6.45) is 1.23. The van der Waals surface area contributed by atoms with Gasteiger partial charge in [0, 0.05) is 27.8 Å². The van der Waals surface area contributed by atoms with Gasteiger partial charge in [-0.25, -0.2) is 13.2 Å². The van der Waals surface area contributed by atoms with E-state index in [0.29, 0.717) is 5.52 Å². The monoisotopic (exact) mass is 259 g/mol. The van der Waals surface area contributed by atoms with E-state index in [2.05, 4.69) is 4.98 Å². The number of benzene rings is 1. The number of hydrogen-bond donors (Lipinski definition) is 2. The molecule has 16 heavy (non-hydrogen) atoms. The number of hydrogen-bond acceptors (Lipinski definition) is 3. The molecule has 2 aromatic rings. The van der Waals surface area contributed by atoms with Gasteiger partial charge in [-0.05, 0) is 18.2 Å². The van der Waals surface area contributed by atoms with Crippen molar-refractivity contribution in [1.82, 2.24) is 4.98 Å². The van der Waals surface area contributed by atoms with Gasteiger partial charge in [-0.2, -0.15) is 0 Å². The Kier molecular flexibility index (Phi) is 2.40. The highest BCUT2D eigenvalue weighted by Crippen LogP contribution is 2.26. The van der Waals surface area contributed by atoms with Gasteiger partial charge in [0.05, 0.1) is 5.56 Å². The molecule has 0 atom stereocenters. The zero-order valence-electron chi connectivity index (χ0n) is 7.77. The maximum atomic E-state index is 11.2. The average molecular weight is 260 g/mol. The minimum Gasteiger partial charge on any atom is -0.478 e. The first-order chi connectivity index (χ1) is 7.39. The standard InChI is InChI=1S/C9H6ClNO4S/c10-16(14,15)8-4-11-7-2-1-5(9(12)13)3-6(7)8/h1-4,11H,(H,12,13). The van der Waals surface area contributed by atoms with Crippen LogP contribution in [0.5, 0.6) is 0 Å². The van der Waals surface area contributed by atoms with Crippen molar-refractivity contribution in [3.63, 3.8) is 0 Å². The summed E-state index contributed by atoms with van der Waals surface area (Å²) < 4.78 is 22.4. The second-order valence-electron chi connectivity index (χ2n) is 3.16. The van der Waals surface area contributed by atoms with Crippen LogP contribution in [-0.4, -0.2) is 24.5 Å². The zero-order chi connectivity index (χ0) is 11.9. The number of carboxylic acids is 1. The van der Waals surface area contributed by atoms with Crippen LogP contribution in [0.15, 0.2) is 29.3 Å². The predicted molar refractivity (Wildman–Crippen MR) is 58.3 cm³/mol. The maximum Gasteiger partial charge on any atom is 0.335 e. The third-order valence-electron chi connectivity index (χ3n) is 2.15. The molecule has 0 saturated carbocycles. The van der Waals surface area contributed by atoms with E-state index in [1.54, 1.807) is 0 Å². The predicted octanol–water partition coefficient (Wildman–Crippen LogP) is 1.79. The number of aromatic amines is 1. The largest absolute Gasteiger partial charge is 0.478 e. The minimum absolute atomic E-state index is 0.00802. The molecule has 2 rings (SSSR count). The highest BCUT2D eigenvalue weighted by Gasteiger charge is 2.17. The van der Waals surface area contributed by atoms with Gasteiger partial charge in [0.25, 0.3) is 9.05 Å². The minimum atomic E-state index is -3.88. The summed E-state index contributed by atoms with van der Waals surface area (Å²) >= 11 is 0. The maximum absolute atomic E-state index is 11.2. The lowest BCUT2D eigenvalue weighted by Crippen LogP contribution is -1.96. The number of rotatable bonds is 2. The van der Waals surface area contributed by atoms with Gasteiger partial charge in [0.15, 0.2) is 0 Å². The topological polar surface area (TPSA) is 87.2 Å². The number of nitrogens with one attached hydrogen (secondary N) is 1. The van der Waals surface area contributed by atoms with Crippen LogP contribution in [0.25, 0.3) is 10.9 Å². The van der Waals surface area contributed by atoms with E-state index in [-0.39, 0.29) is 15.8 Å². The van der Waals surface area contributed by atoms with Crippen molar-refractivity contribution in [1.29, 1.82) is 0 Å². The smallest absolute Gasteiger partial charge is 0.335 e. The molecule has 0 unspecified atom stereocenters. The first kappa shape index (κ1) is 11.0. The van der Waals surface area contributed by atoms with Crippen LogP contribution in [0, 0.1) is 0 Å². The van der Waals surface area contributed by atoms with Crippen LogP contribution in [0.1, 0.15) is 10.4 Å². The Morgan fingerprint density at radius 3 is 2.62 bits per heavy atom. The molecular weight excluding hydrogens is 254 g/mol. The van der Waals surface area contributed by atoms with E-state index < -0.39 is 15.0 Å². The molecule has 0 amide bonds. The van der Waals surface area contributed by atoms with Crippen LogP contribution < -0.4 is 0 Å². The van der Waals surface area contributed by atoms with E-state index >= 15 is 0 Å². The molecule has 7 heteroatoms. The molecule has 0 aliphatic rings. The molecule has 0 fully saturated rings. The van der Waals surface area contributed by atoms with Crippen LogP contribution in [0.2, 0.25) is 0 Å². The summed E-state index contributed by atoms with van der Waals surface area (Å²) in [6.45, 7) is 0. The number of halogens is 1. The van der Waals surface area contributed by atoms with Crippen LogP contribution in [-0.2, 0) is 9.05 Å². The average Bonchev–Trinajstić information content (AvgIpc) is 2.58. The fraction of sp³-hybridized carbons (Fsp3) is 0. The summed E-state index contributed by atoms with van der Waals surface area (Å²) in [5.74, 6) is -1.12. The van der Waals surface area contributed by atoms with Gasteiger partial charge in [-0.1, -0.05) is 0 Å². The summed E-state index contributed by atoms with van der Waals surface area (Å²) in [4.78, 5) is 13.3. The lowest BCUT2D eigenvalue weighted by atomic mass is 10.1. The van der Waals surface area contributed by atoms with Crippen molar-refractivity contribution in [2.45, 2.75) is 4.90 Å². The molecule has 0 radical (unpaired) electrons. The van der Waals surface area contributed by atoms with E-state index in [4.69, 9.17) is 15.8 Å². The van der Waals surface area contributed by atoms with Gasteiger partial charge >= 0.3 is 5.97 Å². The molecule has 0 spiro atoms. The molecule has 5 nitrogen and oxygen atoms in total. The molecular formula is C9H6ClNO4S. The summed E-state index contributed by atoms with van der Waals surface area (Å²) in [6, 6.07) is 4.14. The molecule has 84 valence electrons. The Morgan fingerprint density at radius 2 is 2.06 bits per heavy atom. The van der Waals surface area contributed by atoms with Crippen molar-refractivity contribution in [2.75, 3.05) is 0 Å². The van der Waals surface area contributed by atoms with Gasteiger partial charge < -0.3 is 10.1 Å². The molecule has 1 aromatic carbocycles. The Labute approximate surface area is 95.1 Å². The highest BCUT2D eigenvalue weighted by molar-refractivity contribution is 8.14. The normalized spacial score (nSPS) is 11.8. The molecule has 0 aliphatic heterocycles. The first-order valence-electron chi connectivity index (χ1n) is 4.18. The number of fused-ring (bicyclic) bond motifs is 1. The Hall–Kier alpha value is -1.53. The molecule has 2 N–H and O–H groups in total. The lowest BCUT2D eigenvalue weighted by Gasteiger charge is -1.96. The van der Waals surface area contributed by atoms with E-state index in [1.165, 1.54) is 24.4 Å². The summed E-state index contributed by atoms with van der Waals surface area (Å²) in [7, 11) is 1.34. The molecule has 1 aromatic heterocycles. The second-order valence-corrected chi connectivity index (χ2v) is 5.69. The molecule has 0 bridgehead atoms. The Bertz CT molecular complexity index is 674. The first-order valence-corrected chi connectivity index (χ1v) is 6.49. The van der Waals surface area contributed by atoms with Gasteiger partial charge in [0.2, 0.25) is 0 Å². The number of carboxylic acid groups (broad SMARTS) is 1. The van der Waals surface area contributed by atoms with E-state index in [9.17, 15) is 13.2 Å². The van der Waals surface area contributed by atoms with Crippen LogP contribution >= 0.6 is 10.7 Å². The summed E-state index contributed by atoms with van der Waals surface area (Å²) in [5, 5.41) is 9.06. The van der Waals surface area contributed by atoms with E-state index in [0.717, 1.165) is 0 Å². The zero-order valence-corrected chi connectivity index (χ0v) is 9.34. The highest BCUT2D eigenvalue weighted by atomic mass is 35.7. The van der Waals surface area contributed by atoms with Crippen molar-refractivity contribution >= 4 is 36.6 Å². The lowest BCUT2D eigenvalue weighted by molar-refractivity contribution is 0.0697. The van der Waals surface area contributed by atoms with Gasteiger partial charge in [-0.3, -0.25) is 0 Å². The summed E-state index contributed by atoms with van der Waals surface area (Å²) in [5.41, 5.74) is 0.526. The fourth-order valence-electron chi connectivity index (χ4n) is 1.43. The number of H-pyrrole nitrogens is 1. The number of aromatic nitrogens is 1. The third kappa shape index (κ3) is 1.77. The molecule has 0 saturated heterocycles. The van der Waals surface area contributed by atoms with Crippen molar-refractivity contribution in [3.8, 4) is 0 Å². The van der Waals surface area contributed by atoms with E-state index in [1.807, 2.05) is 0 Å². The van der Waals surface area contributed by atoms with Gasteiger partial charge in [-0.15, -0.1) is 0 Å². The van der Waals surface area contributed by atoms with Gasteiger partial charge in [0.1, 0.15) is 4.90 Å². The quantitative estimate of drug-likeness (QED) is 0.805. The van der Waals surface area contributed by atoms with Crippen LogP contribution in [0.3, 0.4) is 0 Å². The SMILES string of the molecule is O=C(O)c1ccc2[nH]cc(S(=O)(=O)Cl)c2c1. The molecule has 1 heterocycles. The number of aromatic carboxylic acids is 1. The Balaban J connectivity index is 2.80. The van der Waals surface area contributed by atoms with Crippen LogP contribution in [0.4, 0.5) is 0 Å². The Morgan fingerprint density at radius 1 is 1.38 bits per heavy atom. The van der Waals surface area contributed by atoms with Crippen molar-refractivity contribution in [3.05, 3.63) is 30.0 Å². The fourth-order valence-corrected chi connectivity index (χ4v) is 2.44.